The lowest BCUT2D eigenvalue weighted by molar-refractivity contribution is 1.21. The van der Waals surface area contributed by atoms with E-state index in [1.165, 1.54) is 0 Å². The van der Waals surface area contributed by atoms with Gasteiger partial charge in [-0.25, -0.2) is 4.98 Å². The highest BCUT2D eigenvalue weighted by atomic mass is 15.1. The molecule has 5 aromatic rings. The zero-order chi connectivity index (χ0) is 20.0. The molecule has 29 heavy (non-hydrogen) atoms. The Morgan fingerprint density at radius 3 is 2.17 bits per heavy atom. The molecule has 4 heteroatoms. The lowest BCUT2D eigenvalue weighted by Gasteiger charge is -2.12. The van der Waals surface area contributed by atoms with Crippen molar-refractivity contribution >= 4 is 22.2 Å². The Hall–Kier alpha value is -4.10. The molecule has 0 radical (unpaired) electrons. The second-order valence-corrected chi connectivity index (χ2v) is 7.12. The van der Waals surface area contributed by atoms with Gasteiger partial charge in [0, 0.05) is 21.9 Å². The van der Waals surface area contributed by atoms with E-state index in [1.807, 2.05) is 90.2 Å². The highest BCUT2D eigenvalue weighted by Gasteiger charge is 2.22. The van der Waals surface area contributed by atoms with Crippen LogP contribution in [0.3, 0.4) is 0 Å². The summed E-state index contributed by atoms with van der Waals surface area (Å²) in [5.41, 5.74) is 12.6. The van der Waals surface area contributed by atoms with Gasteiger partial charge in [0.15, 0.2) is 0 Å². The molecule has 0 aliphatic carbocycles. The summed E-state index contributed by atoms with van der Waals surface area (Å²) in [5, 5.41) is 11.6. The molecule has 0 bridgehead atoms. The van der Waals surface area contributed by atoms with Crippen LogP contribution in [0, 0.1) is 18.3 Å². The summed E-state index contributed by atoms with van der Waals surface area (Å²) < 4.78 is 1.92. The number of nitrogens with two attached hydrogens (primary N) is 1. The van der Waals surface area contributed by atoms with Crippen LogP contribution in [0.1, 0.15) is 11.1 Å². The van der Waals surface area contributed by atoms with Crippen LogP contribution >= 0.6 is 0 Å². The summed E-state index contributed by atoms with van der Waals surface area (Å²) in [6.07, 6.45) is 0. The number of aromatic nitrogens is 2. The van der Waals surface area contributed by atoms with Gasteiger partial charge in [-0.05, 0) is 13.0 Å². The van der Waals surface area contributed by atoms with Crippen molar-refractivity contribution in [3.05, 3.63) is 90.0 Å². The number of nitrogens with zero attached hydrogens (tertiary/aromatic N) is 3. The maximum atomic E-state index is 9.89. The molecule has 0 atom stereocenters. The molecule has 3 aromatic carbocycles. The monoisotopic (exact) mass is 374 g/mol. The third-order valence-corrected chi connectivity index (χ3v) is 5.27. The molecule has 2 heterocycles. The Morgan fingerprint density at radius 2 is 1.52 bits per heavy atom. The molecule has 0 spiro atoms. The maximum absolute atomic E-state index is 9.89. The first-order chi connectivity index (χ1) is 14.2. The molecular weight excluding hydrogens is 356 g/mol. The maximum Gasteiger partial charge on any atom is 0.147 e. The fraction of sp³-hybridized carbons (Fsp3) is 0.0400. The molecular formula is C25H18N4. The lowest BCUT2D eigenvalue weighted by Crippen LogP contribution is -2.03. The van der Waals surface area contributed by atoms with Gasteiger partial charge < -0.3 is 5.73 Å². The van der Waals surface area contributed by atoms with E-state index < -0.39 is 0 Å². The van der Waals surface area contributed by atoms with Crippen molar-refractivity contribution < 1.29 is 0 Å². The van der Waals surface area contributed by atoms with Crippen molar-refractivity contribution in [2.45, 2.75) is 6.92 Å². The molecule has 0 fully saturated rings. The van der Waals surface area contributed by atoms with E-state index in [2.05, 4.69) is 6.07 Å². The van der Waals surface area contributed by atoms with Crippen LogP contribution in [0.5, 0.6) is 0 Å². The number of pyridine rings is 1. The summed E-state index contributed by atoms with van der Waals surface area (Å²) in [6.45, 7) is 2.01. The van der Waals surface area contributed by atoms with Crippen LogP contribution in [0.25, 0.3) is 38.9 Å². The standard InChI is InChI=1S/C25H18N4/c1-16-12-13-19-20(14-16)21(15-26)24(27)29-23(18-10-6-3-7-11-18)22(28-25(19)29)17-8-4-2-5-9-17/h2-14H,27H2,1H3. The van der Waals surface area contributed by atoms with E-state index in [0.717, 1.165) is 44.5 Å². The summed E-state index contributed by atoms with van der Waals surface area (Å²) in [5.74, 6) is 0.411. The molecule has 0 saturated heterocycles. The van der Waals surface area contributed by atoms with Crippen LogP contribution in [-0.4, -0.2) is 9.38 Å². The Kier molecular flexibility index (Phi) is 3.82. The number of anilines is 1. The molecule has 2 aromatic heterocycles. The van der Waals surface area contributed by atoms with Crippen LogP contribution < -0.4 is 5.73 Å². The fourth-order valence-electron chi connectivity index (χ4n) is 3.92. The van der Waals surface area contributed by atoms with E-state index in [-0.39, 0.29) is 0 Å². The molecule has 5 rings (SSSR count). The van der Waals surface area contributed by atoms with Crippen molar-refractivity contribution in [3.8, 4) is 28.6 Å². The summed E-state index contributed by atoms with van der Waals surface area (Å²) in [7, 11) is 0. The molecule has 0 aliphatic heterocycles. The normalized spacial score (nSPS) is 11.0. The number of nitrogen functional groups attached to an aromatic ring is 1. The third kappa shape index (κ3) is 2.56. The SMILES string of the molecule is Cc1ccc2c(c1)c(C#N)c(N)n1c(-c3ccccc3)c(-c3ccccc3)nc21. The Balaban J connectivity index is 2.03. The third-order valence-electron chi connectivity index (χ3n) is 5.27. The minimum absolute atomic E-state index is 0.411. The van der Waals surface area contributed by atoms with Crippen LogP contribution in [-0.2, 0) is 0 Å². The lowest BCUT2D eigenvalue weighted by atomic mass is 10.0. The number of imidazole rings is 1. The zero-order valence-corrected chi connectivity index (χ0v) is 15.9. The smallest absolute Gasteiger partial charge is 0.147 e. The van der Waals surface area contributed by atoms with Gasteiger partial charge in [-0.3, -0.25) is 4.40 Å². The molecule has 4 nitrogen and oxygen atoms in total. The largest absolute Gasteiger partial charge is 0.384 e. The van der Waals surface area contributed by atoms with Gasteiger partial charge >= 0.3 is 0 Å². The zero-order valence-electron chi connectivity index (χ0n) is 15.9. The number of hydrogen-bond acceptors (Lipinski definition) is 3. The first-order valence-electron chi connectivity index (χ1n) is 9.44. The second-order valence-electron chi connectivity index (χ2n) is 7.12. The Labute approximate surface area is 168 Å². The minimum atomic E-state index is 0.411. The summed E-state index contributed by atoms with van der Waals surface area (Å²) >= 11 is 0. The van der Waals surface area contributed by atoms with Gasteiger partial charge in [-0.2, -0.15) is 5.26 Å². The average Bonchev–Trinajstić information content (AvgIpc) is 3.16. The number of benzene rings is 3. The van der Waals surface area contributed by atoms with E-state index in [0.29, 0.717) is 11.4 Å². The van der Waals surface area contributed by atoms with Crippen LogP contribution in [0.2, 0.25) is 0 Å². The number of nitriles is 1. The molecule has 0 unspecified atom stereocenters. The van der Waals surface area contributed by atoms with Crippen molar-refractivity contribution in [2.24, 2.45) is 0 Å². The number of rotatable bonds is 2. The second kappa shape index (κ2) is 6.50. The summed E-state index contributed by atoms with van der Waals surface area (Å²) in [4.78, 5) is 5.03. The number of aryl methyl sites for hydroxylation is 1. The molecule has 0 aliphatic rings. The van der Waals surface area contributed by atoms with Gasteiger partial charge in [-0.1, -0.05) is 78.4 Å². The van der Waals surface area contributed by atoms with Gasteiger partial charge in [0.25, 0.3) is 0 Å². The van der Waals surface area contributed by atoms with Crippen molar-refractivity contribution in [1.29, 1.82) is 5.26 Å². The van der Waals surface area contributed by atoms with Gasteiger partial charge in [-0.15, -0.1) is 0 Å². The first kappa shape index (κ1) is 17.0. The van der Waals surface area contributed by atoms with Crippen LogP contribution in [0.4, 0.5) is 5.82 Å². The molecule has 0 saturated carbocycles. The van der Waals surface area contributed by atoms with E-state index in [1.54, 1.807) is 0 Å². The van der Waals surface area contributed by atoms with Crippen molar-refractivity contribution in [3.63, 3.8) is 0 Å². The van der Waals surface area contributed by atoms with Crippen LogP contribution in [0.15, 0.2) is 78.9 Å². The van der Waals surface area contributed by atoms with Gasteiger partial charge in [0.05, 0.1) is 11.4 Å². The molecule has 0 amide bonds. The Morgan fingerprint density at radius 1 is 0.862 bits per heavy atom. The fourth-order valence-corrected chi connectivity index (χ4v) is 3.92. The molecule has 138 valence electrons. The first-order valence-corrected chi connectivity index (χ1v) is 9.44. The van der Waals surface area contributed by atoms with Gasteiger partial charge in [0.1, 0.15) is 23.1 Å². The summed E-state index contributed by atoms with van der Waals surface area (Å²) in [6, 6.07) is 28.5. The minimum Gasteiger partial charge on any atom is -0.384 e. The predicted molar refractivity (Wildman–Crippen MR) is 117 cm³/mol. The number of fused-ring (bicyclic) bond motifs is 3. The predicted octanol–water partition coefficient (Wildman–Crippen LogP) is 5.58. The average molecular weight is 374 g/mol. The van der Waals surface area contributed by atoms with Crippen molar-refractivity contribution in [2.75, 3.05) is 5.73 Å². The van der Waals surface area contributed by atoms with Crippen molar-refractivity contribution in [1.82, 2.24) is 9.38 Å². The van der Waals surface area contributed by atoms with E-state index in [4.69, 9.17) is 10.7 Å². The highest BCUT2D eigenvalue weighted by molar-refractivity contribution is 6.03. The number of hydrogen-bond donors (Lipinski definition) is 1. The van der Waals surface area contributed by atoms with E-state index in [9.17, 15) is 5.26 Å². The van der Waals surface area contributed by atoms with Gasteiger partial charge in [0.2, 0.25) is 0 Å². The van der Waals surface area contributed by atoms with E-state index >= 15 is 0 Å². The Bertz CT molecular complexity index is 1410. The highest BCUT2D eigenvalue weighted by Crippen LogP contribution is 2.38. The molecule has 2 N–H and O–H groups in total. The quantitative estimate of drug-likeness (QED) is 0.438. The topological polar surface area (TPSA) is 67.1 Å².